The van der Waals surface area contributed by atoms with Gasteiger partial charge in [0.1, 0.15) is 35.9 Å². The summed E-state index contributed by atoms with van der Waals surface area (Å²) >= 11 is 0. The molecule has 0 aromatic heterocycles. The molecule has 6 N–H and O–H groups in total. The highest BCUT2D eigenvalue weighted by molar-refractivity contribution is 5.89. The highest BCUT2D eigenvalue weighted by Gasteiger charge is 2.70. The van der Waals surface area contributed by atoms with E-state index in [2.05, 4.69) is 51.0 Å². The standard InChI is InChI=1S/C57H86N2O16/c1-9-28-69-53(65)58-26-12-10-11-13-27-59-54(66)72-45-32-71-52(49(47(45)63)74-50(64)36-15-18-39(68-8)19-16-36)75-48-34(4)51(70-31-44(48)62)73-46-30-42-40-20-17-37-29-38(60)22-24-55(37,6)41(40)23-25-56(42,7)57(46,67)35(5)43(61)21-14-33(2)3/h9,15-19,33-35,38,40-42,44-49,51-52,60,62-63,67H,1,10-14,20-32H2,2-8H3,(H,58,65)(H,59,66)/t34?,35-,38+,40-,41?,42+,44?,45?,46+,47?,48?,49?,51?,52?,55+,56+,57-/m1/s1. The minimum Gasteiger partial charge on any atom is -0.497 e. The molecule has 0 radical (unpaired) electrons. The largest absolute Gasteiger partial charge is 0.497 e. The van der Waals surface area contributed by atoms with E-state index in [1.807, 2.05) is 6.92 Å². The van der Waals surface area contributed by atoms with Gasteiger partial charge in [0.25, 0.3) is 0 Å². The highest BCUT2D eigenvalue weighted by Crippen LogP contribution is 2.69. The van der Waals surface area contributed by atoms with Crippen LogP contribution in [0.1, 0.15) is 135 Å². The molecule has 420 valence electrons. The molecule has 2 aliphatic heterocycles. The third kappa shape index (κ3) is 12.9. The number of aliphatic hydroxyl groups excluding tert-OH is 3. The van der Waals surface area contributed by atoms with E-state index in [4.69, 9.17) is 37.9 Å². The van der Waals surface area contributed by atoms with E-state index in [0.717, 1.165) is 38.5 Å². The topological polar surface area (TPSA) is 247 Å². The lowest BCUT2D eigenvalue weighted by molar-refractivity contribution is -0.333. The average Bonchev–Trinajstić information content (AvgIpc) is 3.64. The number of fused-ring (bicyclic) bond motifs is 5. The lowest BCUT2D eigenvalue weighted by atomic mass is 9.46. The number of rotatable bonds is 22. The second kappa shape index (κ2) is 25.6. The number of unbranched alkanes of at least 4 members (excludes halogenated alkanes) is 3. The first-order valence-electron chi connectivity index (χ1n) is 27.6. The van der Waals surface area contributed by atoms with Crippen LogP contribution in [0.15, 0.2) is 48.6 Å². The first-order chi connectivity index (χ1) is 35.7. The molecule has 9 unspecified atom stereocenters. The summed E-state index contributed by atoms with van der Waals surface area (Å²) in [5.74, 6) is -0.920. The summed E-state index contributed by atoms with van der Waals surface area (Å²) in [5.41, 5.74) is -0.830. The summed E-state index contributed by atoms with van der Waals surface area (Å²) in [5, 5.41) is 52.9. The maximum Gasteiger partial charge on any atom is 0.407 e. The van der Waals surface area contributed by atoms with Gasteiger partial charge in [-0.3, -0.25) is 4.79 Å². The minimum absolute atomic E-state index is 0.0120. The highest BCUT2D eigenvalue weighted by atomic mass is 16.7. The number of carbonyl (C=O) groups excluding carboxylic acids is 4. The molecule has 7 rings (SSSR count). The molecule has 3 saturated carbocycles. The Bertz CT molecular complexity index is 2140. The zero-order valence-electron chi connectivity index (χ0n) is 45.2. The van der Waals surface area contributed by atoms with Crippen molar-refractivity contribution in [2.24, 2.45) is 46.3 Å². The van der Waals surface area contributed by atoms with Crippen LogP contribution in [0, 0.1) is 46.3 Å². The number of nitrogens with one attached hydrogen (secondary N) is 2. The fourth-order valence-electron chi connectivity index (χ4n) is 13.5. The van der Waals surface area contributed by atoms with E-state index in [0.29, 0.717) is 69.1 Å². The Balaban J connectivity index is 1.05. The van der Waals surface area contributed by atoms with E-state index in [1.54, 1.807) is 19.1 Å². The van der Waals surface area contributed by atoms with Gasteiger partial charge in [0.05, 0.1) is 44.2 Å². The van der Waals surface area contributed by atoms with Gasteiger partial charge < -0.3 is 69.0 Å². The van der Waals surface area contributed by atoms with Gasteiger partial charge in [0.15, 0.2) is 24.8 Å². The van der Waals surface area contributed by atoms with E-state index in [1.165, 1.54) is 30.9 Å². The Morgan fingerprint density at radius 3 is 2.24 bits per heavy atom. The van der Waals surface area contributed by atoms with Gasteiger partial charge in [-0.25, -0.2) is 14.4 Å². The average molecular weight is 1060 g/mol. The number of benzene rings is 1. The van der Waals surface area contributed by atoms with Crippen molar-refractivity contribution in [2.75, 3.05) is 40.0 Å². The number of amides is 2. The molecule has 18 heteroatoms. The van der Waals surface area contributed by atoms with Gasteiger partial charge in [-0.1, -0.05) is 78.7 Å². The quantitative estimate of drug-likeness (QED) is 0.0298. The molecule has 18 nitrogen and oxygen atoms in total. The minimum atomic E-state index is -1.63. The van der Waals surface area contributed by atoms with Crippen molar-refractivity contribution in [3.63, 3.8) is 0 Å². The maximum atomic E-state index is 14.2. The summed E-state index contributed by atoms with van der Waals surface area (Å²) in [4.78, 5) is 52.6. The van der Waals surface area contributed by atoms with Crippen molar-refractivity contribution in [3.05, 3.63) is 54.1 Å². The van der Waals surface area contributed by atoms with Crippen molar-refractivity contribution in [3.8, 4) is 5.75 Å². The maximum absolute atomic E-state index is 14.2. The molecule has 1 aromatic rings. The molecule has 17 atom stereocenters. The molecule has 2 heterocycles. The smallest absolute Gasteiger partial charge is 0.407 e. The fraction of sp³-hybridized carbons (Fsp3) is 0.754. The Kier molecular flexibility index (Phi) is 19.9. The van der Waals surface area contributed by atoms with Crippen LogP contribution in [0.4, 0.5) is 9.59 Å². The zero-order valence-corrected chi connectivity index (χ0v) is 45.2. The number of ketones is 1. The molecule has 0 bridgehead atoms. The van der Waals surface area contributed by atoms with Crippen LogP contribution in [-0.4, -0.2) is 145 Å². The van der Waals surface area contributed by atoms with Gasteiger partial charge in [-0.15, -0.1) is 0 Å². The number of carbonyl (C=O) groups is 4. The Morgan fingerprint density at radius 1 is 0.867 bits per heavy atom. The molecule has 75 heavy (non-hydrogen) atoms. The zero-order chi connectivity index (χ0) is 54.2. The van der Waals surface area contributed by atoms with Crippen LogP contribution in [0.25, 0.3) is 0 Å². The number of Topliss-reactive ketones (excluding diaryl/α,β-unsaturated/α-hetero) is 1. The van der Waals surface area contributed by atoms with E-state index in [9.17, 15) is 39.6 Å². The van der Waals surface area contributed by atoms with E-state index < -0.39 is 90.2 Å². The number of ether oxygens (including phenoxy) is 8. The number of allylic oxidation sites excluding steroid dienone is 1. The molecule has 1 aromatic carbocycles. The summed E-state index contributed by atoms with van der Waals surface area (Å²) in [6.07, 6.45) is 1.24. The summed E-state index contributed by atoms with van der Waals surface area (Å²) in [6.45, 7) is 16.1. The number of esters is 1. The number of hydrogen-bond acceptors (Lipinski definition) is 16. The molecule has 5 fully saturated rings. The predicted molar refractivity (Wildman–Crippen MR) is 275 cm³/mol. The number of aliphatic hydroxyl groups is 4. The molecular formula is C57H86N2O16. The second-order valence-corrected chi connectivity index (χ2v) is 23.0. The molecule has 6 aliphatic rings. The van der Waals surface area contributed by atoms with Crippen LogP contribution in [0.5, 0.6) is 5.75 Å². The van der Waals surface area contributed by atoms with Gasteiger partial charge in [0.2, 0.25) is 0 Å². The van der Waals surface area contributed by atoms with Crippen molar-refractivity contribution in [1.82, 2.24) is 10.6 Å². The number of alkyl carbamates (subject to hydrolysis) is 2. The van der Waals surface area contributed by atoms with Gasteiger partial charge >= 0.3 is 18.2 Å². The molecular weight excluding hydrogens is 969 g/mol. The Hall–Kier alpha value is -4.14. The van der Waals surface area contributed by atoms with Gasteiger partial charge in [-0.2, -0.15) is 0 Å². The summed E-state index contributed by atoms with van der Waals surface area (Å²) in [7, 11) is 1.49. The van der Waals surface area contributed by atoms with Crippen molar-refractivity contribution in [1.29, 1.82) is 0 Å². The second-order valence-electron chi connectivity index (χ2n) is 23.0. The Labute approximate surface area is 442 Å². The van der Waals surface area contributed by atoms with Crippen molar-refractivity contribution < 1.29 is 77.5 Å². The van der Waals surface area contributed by atoms with Crippen molar-refractivity contribution in [2.45, 2.75) is 186 Å². The summed E-state index contributed by atoms with van der Waals surface area (Å²) < 4.78 is 47.6. The van der Waals surface area contributed by atoms with Crippen LogP contribution in [-0.2, 0) is 38.0 Å². The number of methoxy groups -OCH3 is 1. The predicted octanol–water partition coefficient (Wildman–Crippen LogP) is 6.94. The van der Waals surface area contributed by atoms with Gasteiger partial charge in [0, 0.05) is 36.8 Å². The molecule has 4 aliphatic carbocycles. The van der Waals surface area contributed by atoms with Crippen LogP contribution in [0.3, 0.4) is 0 Å². The lowest BCUT2D eigenvalue weighted by Crippen LogP contribution is -2.62. The normalized spacial score (nSPS) is 36.6. The van der Waals surface area contributed by atoms with E-state index in [-0.39, 0.29) is 61.1 Å². The summed E-state index contributed by atoms with van der Waals surface area (Å²) in [6, 6.07) is 6.16. The third-order valence-corrected chi connectivity index (χ3v) is 18.0. The first kappa shape index (κ1) is 58.5. The van der Waals surface area contributed by atoms with Crippen LogP contribution >= 0.6 is 0 Å². The van der Waals surface area contributed by atoms with Crippen LogP contribution < -0.4 is 15.4 Å². The fourth-order valence-corrected chi connectivity index (χ4v) is 13.5. The Morgan fingerprint density at radius 2 is 1.56 bits per heavy atom. The number of hydrogen-bond donors (Lipinski definition) is 6. The van der Waals surface area contributed by atoms with Crippen LogP contribution in [0.2, 0.25) is 0 Å². The SMILES string of the molecule is C=CCOC(=O)NCCCCCCNC(=O)OC1COC(OC2C(O)COC(O[C@H]3C[C@H]4[C@@H]5CC=C6C[C@@H](O)CC[C@]6(C)C5CC[C@]4(C)[C@@]3(O)[C@H](C)C(=O)CCC(C)C)C2C)C(OC(=O)c2ccc(OC)cc2)C1O. The monoisotopic (exact) mass is 1050 g/mol. The lowest BCUT2D eigenvalue weighted by Gasteiger charge is -2.59. The molecule has 2 saturated heterocycles. The van der Waals surface area contributed by atoms with Gasteiger partial charge in [-0.05, 0) is 118 Å². The third-order valence-electron chi connectivity index (χ3n) is 18.0. The first-order valence-corrected chi connectivity index (χ1v) is 27.6. The molecule has 0 spiro atoms. The van der Waals surface area contributed by atoms with Crippen molar-refractivity contribution >= 4 is 23.9 Å². The van der Waals surface area contributed by atoms with E-state index >= 15 is 0 Å². The molecule has 2 amide bonds.